The lowest BCUT2D eigenvalue weighted by Crippen LogP contribution is -2.50. The van der Waals surface area contributed by atoms with E-state index in [1.165, 1.54) is 0 Å². The normalized spacial score (nSPS) is 16.5. The van der Waals surface area contributed by atoms with Gasteiger partial charge in [-0.2, -0.15) is 12.6 Å². The lowest BCUT2D eigenvalue weighted by Gasteiger charge is -2.35. The van der Waals surface area contributed by atoms with E-state index in [0.717, 1.165) is 5.75 Å². The first-order valence-electron chi connectivity index (χ1n) is 11.9. The molecule has 194 valence electrons. The van der Waals surface area contributed by atoms with Crippen LogP contribution < -0.4 is 10.6 Å². The smallest absolute Gasteiger partial charge is 0.407 e. The van der Waals surface area contributed by atoms with Gasteiger partial charge >= 0.3 is 6.09 Å². The van der Waals surface area contributed by atoms with Crippen LogP contribution in [0.25, 0.3) is 0 Å². The molecule has 2 atom stereocenters. The molecule has 0 spiro atoms. The van der Waals surface area contributed by atoms with Gasteiger partial charge in [-0.15, -0.1) is 0 Å². The maximum atomic E-state index is 12.4. The van der Waals surface area contributed by atoms with Gasteiger partial charge in [-0.3, -0.25) is 9.36 Å². The number of carbonyl (C=O) groups is 2. The van der Waals surface area contributed by atoms with Crippen molar-refractivity contribution < 1.29 is 23.4 Å². The first-order valence-corrected chi connectivity index (χ1v) is 14.5. The van der Waals surface area contributed by atoms with Crippen LogP contribution in [0.5, 0.6) is 0 Å². The summed E-state index contributed by atoms with van der Waals surface area (Å²) >= 11 is 3.79. The van der Waals surface area contributed by atoms with Crippen molar-refractivity contribution in [3.05, 3.63) is 0 Å². The van der Waals surface area contributed by atoms with E-state index >= 15 is 0 Å². The van der Waals surface area contributed by atoms with Gasteiger partial charge in [0.25, 0.3) is 7.52 Å². The van der Waals surface area contributed by atoms with Gasteiger partial charge in [0, 0.05) is 25.8 Å². The molecule has 1 saturated heterocycles. The highest BCUT2D eigenvalue weighted by atomic mass is 32.1. The molecule has 0 aromatic heterocycles. The van der Waals surface area contributed by atoms with E-state index in [1.807, 2.05) is 60.1 Å². The van der Waals surface area contributed by atoms with Crippen molar-refractivity contribution in [3.63, 3.8) is 0 Å². The summed E-state index contributed by atoms with van der Waals surface area (Å²) in [4.78, 5) is 23.8. The first kappa shape index (κ1) is 35.8. The summed E-state index contributed by atoms with van der Waals surface area (Å²) in [6, 6.07) is -0.667. The van der Waals surface area contributed by atoms with E-state index in [0.29, 0.717) is 39.1 Å². The molecule has 0 saturated carbocycles. The van der Waals surface area contributed by atoms with Gasteiger partial charge in [-0.1, -0.05) is 48.5 Å². The predicted octanol–water partition coefficient (Wildman–Crippen LogP) is 5.19. The number of hydrogen-bond donors (Lipinski definition) is 3. The number of nitrogens with zero attached hydrogens (tertiary/aromatic N) is 1. The van der Waals surface area contributed by atoms with Crippen LogP contribution in [0.2, 0.25) is 0 Å². The maximum absolute atomic E-state index is 12.4. The summed E-state index contributed by atoms with van der Waals surface area (Å²) in [5, 5.41) is 5.45. The highest BCUT2D eigenvalue weighted by Gasteiger charge is 2.31. The summed E-state index contributed by atoms with van der Waals surface area (Å²) in [6.45, 7) is 20.9. The maximum Gasteiger partial charge on any atom is 0.407 e. The highest BCUT2D eigenvalue weighted by Crippen LogP contribution is 2.47. The Balaban J connectivity index is -0.00000108. The van der Waals surface area contributed by atoms with Gasteiger partial charge in [-0.25, -0.2) is 9.46 Å². The SMILES string of the molecule is CC.CC.CCOP(C)(=O)N1CCC(NC(=O)[C@H](C)NC(=O)OCC(C)C)CC1.CCS. The average molecular weight is 500 g/mol. The van der Waals surface area contributed by atoms with E-state index in [2.05, 4.69) is 23.3 Å². The molecule has 1 rings (SSSR count). The van der Waals surface area contributed by atoms with Crippen LogP contribution >= 0.6 is 20.1 Å². The van der Waals surface area contributed by atoms with Crippen LogP contribution in [0.3, 0.4) is 0 Å². The van der Waals surface area contributed by atoms with Gasteiger partial charge in [0.05, 0.1) is 13.2 Å². The summed E-state index contributed by atoms with van der Waals surface area (Å²) in [7, 11) is -2.74. The van der Waals surface area contributed by atoms with Crippen molar-refractivity contribution in [2.45, 2.75) is 87.2 Å². The van der Waals surface area contributed by atoms with Crippen molar-refractivity contribution in [2.75, 3.05) is 38.7 Å². The molecule has 32 heavy (non-hydrogen) atoms. The molecule has 2 N–H and O–H groups in total. The predicted molar refractivity (Wildman–Crippen MR) is 139 cm³/mol. The van der Waals surface area contributed by atoms with Gasteiger partial charge < -0.3 is 19.9 Å². The molecule has 8 nitrogen and oxygen atoms in total. The topological polar surface area (TPSA) is 97.0 Å². The van der Waals surface area contributed by atoms with E-state index in [9.17, 15) is 14.2 Å². The summed E-state index contributed by atoms with van der Waals surface area (Å²) < 4.78 is 24.6. The van der Waals surface area contributed by atoms with Gasteiger partial charge in [0.15, 0.2) is 0 Å². The minimum Gasteiger partial charge on any atom is -0.449 e. The minimum atomic E-state index is -2.74. The summed E-state index contributed by atoms with van der Waals surface area (Å²) in [6.07, 6.45) is 0.803. The Labute approximate surface area is 202 Å². The zero-order valence-electron chi connectivity index (χ0n) is 22.1. The van der Waals surface area contributed by atoms with Gasteiger partial charge in [-0.05, 0) is 38.4 Å². The zero-order valence-corrected chi connectivity index (χ0v) is 23.9. The molecular formula is C22H50N3O5PS. The van der Waals surface area contributed by atoms with Crippen molar-refractivity contribution in [1.29, 1.82) is 0 Å². The van der Waals surface area contributed by atoms with Gasteiger partial charge in [0.1, 0.15) is 6.04 Å². The third-order valence-corrected chi connectivity index (χ3v) is 6.14. The second kappa shape index (κ2) is 22.1. The van der Waals surface area contributed by atoms with Gasteiger partial charge in [0.2, 0.25) is 5.91 Å². The lowest BCUT2D eigenvalue weighted by atomic mass is 10.1. The molecule has 10 heteroatoms. The van der Waals surface area contributed by atoms with E-state index in [-0.39, 0.29) is 17.9 Å². The molecule has 2 amide bonds. The van der Waals surface area contributed by atoms with Crippen LogP contribution in [0.4, 0.5) is 4.79 Å². The Hall–Kier alpha value is -0.760. The largest absolute Gasteiger partial charge is 0.449 e. The van der Waals surface area contributed by atoms with Crippen LogP contribution in [0, 0.1) is 5.92 Å². The second-order valence-corrected chi connectivity index (χ2v) is 10.2. The van der Waals surface area contributed by atoms with Crippen LogP contribution in [-0.2, 0) is 18.6 Å². The molecule has 0 aromatic carbocycles. The third-order valence-electron chi connectivity index (χ3n) is 3.98. The lowest BCUT2D eigenvalue weighted by molar-refractivity contribution is -0.123. The number of amides is 2. The molecule has 0 aliphatic carbocycles. The summed E-state index contributed by atoms with van der Waals surface area (Å²) in [5.74, 6) is 0.940. The van der Waals surface area contributed by atoms with E-state index < -0.39 is 19.7 Å². The second-order valence-electron chi connectivity index (χ2n) is 7.13. The number of carbonyl (C=O) groups excluding carboxylic acids is 2. The number of nitrogens with one attached hydrogen (secondary N) is 2. The Bertz CT molecular complexity index is 516. The minimum absolute atomic E-state index is 0.00121. The van der Waals surface area contributed by atoms with Crippen LogP contribution in [0.15, 0.2) is 0 Å². The quantitative estimate of drug-likeness (QED) is 0.314. The Morgan fingerprint density at radius 2 is 1.56 bits per heavy atom. The Morgan fingerprint density at radius 1 is 1.09 bits per heavy atom. The summed E-state index contributed by atoms with van der Waals surface area (Å²) in [5.41, 5.74) is 0. The first-order chi connectivity index (χ1) is 15.1. The van der Waals surface area contributed by atoms with Crippen LogP contribution in [-0.4, -0.2) is 67.5 Å². The average Bonchev–Trinajstić information content (AvgIpc) is 2.76. The van der Waals surface area contributed by atoms with Crippen molar-refractivity contribution in [3.8, 4) is 0 Å². The molecule has 1 aliphatic heterocycles. The Morgan fingerprint density at radius 3 is 1.97 bits per heavy atom. The number of piperidine rings is 1. The molecule has 1 fully saturated rings. The molecule has 1 unspecified atom stereocenters. The molecule has 0 bridgehead atoms. The third kappa shape index (κ3) is 17.8. The molecular weight excluding hydrogens is 449 g/mol. The number of ether oxygens (including phenoxy) is 1. The fourth-order valence-corrected chi connectivity index (χ4v) is 4.15. The zero-order chi connectivity index (χ0) is 25.7. The van der Waals surface area contributed by atoms with Crippen molar-refractivity contribution >= 4 is 32.1 Å². The molecule has 1 aliphatic rings. The fourth-order valence-electron chi connectivity index (χ4n) is 2.55. The monoisotopic (exact) mass is 499 g/mol. The number of rotatable bonds is 8. The molecule has 0 aromatic rings. The van der Waals surface area contributed by atoms with Crippen LogP contribution in [0.1, 0.15) is 75.2 Å². The highest BCUT2D eigenvalue weighted by molar-refractivity contribution is 7.80. The molecule has 1 heterocycles. The number of alkyl carbamates (subject to hydrolysis) is 1. The number of thiol groups is 1. The Kier molecular flexibility index (Phi) is 24.7. The van der Waals surface area contributed by atoms with Crippen molar-refractivity contribution in [1.82, 2.24) is 15.3 Å². The van der Waals surface area contributed by atoms with E-state index in [1.54, 1.807) is 13.6 Å². The van der Waals surface area contributed by atoms with E-state index in [4.69, 9.17) is 9.26 Å². The fraction of sp³-hybridized carbons (Fsp3) is 0.909. The van der Waals surface area contributed by atoms with Crippen molar-refractivity contribution in [2.24, 2.45) is 5.92 Å². The molecule has 0 radical (unpaired) electrons. The standard InChI is InChI=1S/C16H32N3O5P.C2H6S.2C2H6/c1-6-24-25(5,22)19-9-7-14(8-10-19)18-15(20)13(4)17-16(21)23-11-12(2)3;1-2-3;2*1-2/h12-14H,6-11H2,1-5H3,(H,17,21)(H,18,20);3H,2H2,1H3;2*1-2H3/t13-,25?;;;/m0.../s1. The number of hydrogen-bond acceptors (Lipinski definition) is 6.